The summed E-state index contributed by atoms with van der Waals surface area (Å²) in [5.41, 5.74) is 9.85. The topological polar surface area (TPSA) is 63.5 Å². The van der Waals surface area contributed by atoms with Crippen molar-refractivity contribution < 1.29 is 4.42 Å². The van der Waals surface area contributed by atoms with Crippen LogP contribution >= 0.6 is 0 Å². The summed E-state index contributed by atoms with van der Waals surface area (Å²) in [6.07, 6.45) is 6.44. The standard InChI is InChI=1S/C16H19N3O/c17-16(18-11-13-7-4-10-20-13)19-15-9-3-6-12-5-1-2-8-14(12)15/h3-4,6-7,9-10H,1-2,5,8,11H2,(H3,17,18,19). The van der Waals surface area contributed by atoms with Crippen LogP contribution in [-0.4, -0.2) is 5.96 Å². The van der Waals surface area contributed by atoms with Gasteiger partial charge in [-0.15, -0.1) is 0 Å². The van der Waals surface area contributed by atoms with Crippen LogP contribution in [0.4, 0.5) is 5.69 Å². The monoisotopic (exact) mass is 269 g/mol. The van der Waals surface area contributed by atoms with E-state index in [0.717, 1.165) is 24.3 Å². The second-order valence-corrected chi connectivity index (χ2v) is 5.06. The average Bonchev–Trinajstić information content (AvgIpc) is 2.99. The Bertz CT molecular complexity index is 602. The highest BCUT2D eigenvalue weighted by atomic mass is 16.3. The molecule has 1 heterocycles. The van der Waals surface area contributed by atoms with Crippen molar-refractivity contribution in [1.29, 1.82) is 0 Å². The van der Waals surface area contributed by atoms with Gasteiger partial charge in [-0.3, -0.25) is 0 Å². The SMILES string of the molecule is NC(=NCc1ccco1)Nc1cccc2c1CCCC2. The van der Waals surface area contributed by atoms with Crippen molar-refractivity contribution in [2.75, 3.05) is 5.32 Å². The Balaban J connectivity index is 1.72. The predicted molar refractivity (Wildman–Crippen MR) is 80.7 cm³/mol. The molecular formula is C16H19N3O. The van der Waals surface area contributed by atoms with Crippen LogP contribution in [0, 0.1) is 0 Å². The van der Waals surface area contributed by atoms with Gasteiger partial charge in [-0.1, -0.05) is 12.1 Å². The van der Waals surface area contributed by atoms with Gasteiger partial charge in [-0.25, -0.2) is 4.99 Å². The molecule has 4 nitrogen and oxygen atoms in total. The molecule has 0 spiro atoms. The summed E-state index contributed by atoms with van der Waals surface area (Å²) >= 11 is 0. The van der Waals surface area contributed by atoms with Crippen molar-refractivity contribution >= 4 is 11.6 Å². The van der Waals surface area contributed by atoms with Gasteiger partial charge in [0.1, 0.15) is 12.3 Å². The fourth-order valence-electron chi connectivity index (χ4n) is 2.64. The Morgan fingerprint density at radius 1 is 1.20 bits per heavy atom. The third-order valence-corrected chi connectivity index (χ3v) is 3.64. The Hall–Kier alpha value is -2.23. The van der Waals surface area contributed by atoms with E-state index in [1.165, 1.54) is 24.0 Å². The quantitative estimate of drug-likeness (QED) is 0.665. The summed E-state index contributed by atoms with van der Waals surface area (Å²) in [7, 11) is 0. The Kier molecular flexibility index (Phi) is 3.72. The zero-order valence-corrected chi connectivity index (χ0v) is 11.4. The van der Waals surface area contributed by atoms with Crippen LogP contribution in [0.15, 0.2) is 46.0 Å². The fourth-order valence-corrected chi connectivity index (χ4v) is 2.64. The predicted octanol–water partition coefficient (Wildman–Crippen LogP) is 3.09. The molecule has 1 aromatic carbocycles. The van der Waals surface area contributed by atoms with Crippen molar-refractivity contribution in [2.45, 2.75) is 32.2 Å². The first-order valence-electron chi connectivity index (χ1n) is 7.03. The van der Waals surface area contributed by atoms with Gasteiger partial charge in [-0.05, 0) is 55.0 Å². The molecule has 0 saturated carbocycles. The maximum atomic E-state index is 5.95. The van der Waals surface area contributed by atoms with Crippen molar-refractivity contribution in [3.05, 3.63) is 53.5 Å². The summed E-state index contributed by atoms with van der Waals surface area (Å²) in [5.74, 6) is 1.24. The van der Waals surface area contributed by atoms with E-state index in [0.29, 0.717) is 12.5 Å². The van der Waals surface area contributed by atoms with E-state index in [1.54, 1.807) is 6.26 Å². The van der Waals surface area contributed by atoms with Crippen LogP contribution in [0.5, 0.6) is 0 Å². The summed E-state index contributed by atoms with van der Waals surface area (Å²) in [4.78, 5) is 4.30. The Labute approximate surface area is 118 Å². The molecule has 0 fully saturated rings. The molecule has 0 unspecified atom stereocenters. The average molecular weight is 269 g/mol. The third-order valence-electron chi connectivity index (χ3n) is 3.64. The summed E-state index contributed by atoms with van der Waals surface area (Å²) in [6.45, 7) is 0.459. The van der Waals surface area contributed by atoms with Crippen molar-refractivity contribution in [3.8, 4) is 0 Å². The molecular weight excluding hydrogens is 250 g/mol. The molecule has 3 N–H and O–H groups in total. The molecule has 20 heavy (non-hydrogen) atoms. The van der Waals surface area contributed by atoms with Crippen LogP contribution in [0.2, 0.25) is 0 Å². The highest BCUT2D eigenvalue weighted by Crippen LogP contribution is 2.27. The number of fused-ring (bicyclic) bond motifs is 1. The fraction of sp³-hybridized carbons (Fsp3) is 0.312. The molecule has 0 bridgehead atoms. The van der Waals surface area contributed by atoms with Gasteiger partial charge >= 0.3 is 0 Å². The van der Waals surface area contributed by atoms with Gasteiger partial charge in [0.2, 0.25) is 0 Å². The third kappa shape index (κ3) is 2.85. The number of benzene rings is 1. The molecule has 2 aromatic rings. The van der Waals surface area contributed by atoms with Gasteiger partial charge in [0.05, 0.1) is 6.26 Å². The zero-order chi connectivity index (χ0) is 13.8. The van der Waals surface area contributed by atoms with Crippen LogP contribution in [0.3, 0.4) is 0 Å². The first-order chi connectivity index (χ1) is 9.83. The first kappa shape index (κ1) is 12.8. The number of guanidine groups is 1. The number of nitrogens with one attached hydrogen (secondary N) is 1. The van der Waals surface area contributed by atoms with Gasteiger partial charge in [0, 0.05) is 5.69 Å². The minimum Gasteiger partial charge on any atom is -0.467 e. The minimum absolute atomic E-state index is 0.431. The molecule has 0 aliphatic heterocycles. The lowest BCUT2D eigenvalue weighted by Crippen LogP contribution is -2.24. The van der Waals surface area contributed by atoms with Crippen LogP contribution in [0.25, 0.3) is 0 Å². The first-order valence-corrected chi connectivity index (χ1v) is 7.03. The Morgan fingerprint density at radius 2 is 2.10 bits per heavy atom. The minimum atomic E-state index is 0.431. The number of aryl methyl sites for hydroxylation is 1. The van der Waals surface area contributed by atoms with Crippen molar-refractivity contribution in [1.82, 2.24) is 0 Å². The van der Waals surface area contributed by atoms with Gasteiger partial charge in [0.15, 0.2) is 5.96 Å². The van der Waals surface area contributed by atoms with E-state index in [4.69, 9.17) is 10.2 Å². The number of anilines is 1. The van der Waals surface area contributed by atoms with E-state index < -0.39 is 0 Å². The van der Waals surface area contributed by atoms with Crippen molar-refractivity contribution in [2.24, 2.45) is 10.7 Å². The summed E-state index contributed by atoms with van der Waals surface area (Å²) < 4.78 is 5.23. The van der Waals surface area contributed by atoms with E-state index in [9.17, 15) is 0 Å². The van der Waals surface area contributed by atoms with Crippen LogP contribution in [-0.2, 0) is 19.4 Å². The molecule has 1 aliphatic rings. The highest BCUT2D eigenvalue weighted by molar-refractivity contribution is 5.93. The molecule has 0 radical (unpaired) electrons. The second kappa shape index (κ2) is 5.82. The van der Waals surface area contributed by atoms with E-state index in [2.05, 4.69) is 28.5 Å². The molecule has 0 atom stereocenters. The largest absolute Gasteiger partial charge is 0.467 e. The number of hydrogen-bond acceptors (Lipinski definition) is 2. The highest BCUT2D eigenvalue weighted by Gasteiger charge is 2.13. The second-order valence-electron chi connectivity index (χ2n) is 5.06. The molecule has 1 aliphatic carbocycles. The maximum absolute atomic E-state index is 5.95. The molecule has 0 saturated heterocycles. The normalized spacial score (nSPS) is 14.9. The summed E-state index contributed by atoms with van der Waals surface area (Å²) in [5, 5.41) is 3.22. The number of nitrogens with zero attached hydrogens (tertiary/aromatic N) is 1. The number of nitrogens with two attached hydrogens (primary N) is 1. The lowest BCUT2D eigenvalue weighted by molar-refractivity contribution is 0.513. The van der Waals surface area contributed by atoms with Crippen molar-refractivity contribution in [3.63, 3.8) is 0 Å². The number of aliphatic imine (C=N–C) groups is 1. The van der Waals surface area contributed by atoms with E-state index in [1.807, 2.05) is 12.1 Å². The molecule has 104 valence electrons. The molecule has 0 amide bonds. The maximum Gasteiger partial charge on any atom is 0.193 e. The van der Waals surface area contributed by atoms with Gasteiger partial charge in [0.25, 0.3) is 0 Å². The lowest BCUT2D eigenvalue weighted by atomic mass is 9.90. The van der Waals surface area contributed by atoms with E-state index in [-0.39, 0.29) is 0 Å². The number of rotatable bonds is 3. The zero-order valence-electron chi connectivity index (χ0n) is 11.4. The van der Waals surface area contributed by atoms with Crippen LogP contribution in [0.1, 0.15) is 29.7 Å². The molecule has 4 heteroatoms. The molecule has 1 aromatic heterocycles. The van der Waals surface area contributed by atoms with Crippen LogP contribution < -0.4 is 11.1 Å². The smallest absolute Gasteiger partial charge is 0.193 e. The van der Waals surface area contributed by atoms with Gasteiger partial charge in [-0.2, -0.15) is 0 Å². The van der Waals surface area contributed by atoms with E-state index >= 15 is 0 Å². The van der Waals surface area contributed by atoms with Gasteiger partial charge < -0.3 is 15.5 Å². The molecule has 3 rings (SSSR count). The number of hydrogen-bond donors (Lipinski definition) is 2. The summed E-state index contributed by atoms with van der Waals surface area (Å²) in [6, 6.07) is 10.1. The Morgan fingerprint density at radius 3 is 2.95 bits per heavy atom. The lowest BCUT2D eigenvalue weighted by Gasteiger charge is -2.19. The number of furan rings is 1.